The molecule has 0 atom stereocenters. The predicted molar refractivity (Wildman–Crippen MR) is 329 cm³/mol. The number of benzene rings is 9. The van der Waals surface area contributed by atoms with Gasteiger partial charge in [0.2, 0.25) is 0 Å². The molecule has 1 aliphatic rings. The zero-order chi connectivity index (χ0) is 53.8. The molecule has 9 aromatic rings. The van der Waals surface area contributed by atoms with Gasteiger partial charge in [-0.3, -0.25) is 0 Å². The molecule has 76 heavy (non-hydrogen) atoms. The summed E-state index contributed by atoms with van der Waals surface area (Å²) in [7, 11) is 0. The first-order valence-corrected chi connectivity index (χ1v) is 27.6. The topological polar surface area (TPSA) is 15.3 Å². The molecular formula is C74H78N2. The summed E-state index contributed by atoms with van der Waals surface area (Å²) in [5, 5.41) is 4.20. The fraction of sp³-hybridized carbons (Fsp3) is 0.270. The van der Waals surface area contributed by atoms with Crippen LogP contribution >= 0.6 is 0 Å². The lowest BCUT2D eigenvalue weighted by Gasteiger charge is -2.43. The van der Waals surface area contributed by atoms with Gasteiger partial charge >= 0.3 is 0 Å². The van der Waals surface area contributed by atoms with Crippen molar-refractivity contribution in [2.24, 2.45) is 0 Å². The number of rotatable bonds is 10. The largest absolute Gasteiger partial charge is 0.354 e. The summed E-state index contributed by atoms with van der Waals surface area (Å²) >= 11 is 0. The quantitative estimate of drug-likeness (QED) is 0.147. The Kier molecular flexibility index (Phi) is 13.7. The Bertz CT molecular complexity index is 3390. The average molecular weight is 995 g/mol. The van der Waals surface area contributed by atoms with E-state index in [0.717, 1.165) is 34.9 Å². The molecule has 0 fully saturated rings. The number of anilines is 5. The van der Waals surface area contributed by atoms with Gasteiger partial charge in [0.25, 0.3) is 0 Å². The van der Waals surface area contributed by atoms with Gasteiger partial charge in [0.1, 0.15) is 0 Å². The van der Waals surface area contributed by atoms with Crippen LogP contribution in [0.25, 0.3) is 55.6 Å². The number of nitrogens with zero attached hydrogens (tertiary/aromatic N) is 1. The molecule has 9 aromatic carbocycles. The zero-order valence-corrected chi connectivity index (χ0v) is 47.5. The normalized spacial score (nSPS) is 14.2. The molecule has 0 saturated carbocycles. The second-order valence-corrected chi connectivity index (χ2v) is 25.9. The molecular weight excluding hydrogens is 917 g/mol. The minimum absolute atomic E-state index is 0.0563. The van der Waals surface area contributed by atoms with Crippen LogP contribution in [-0.4, -0.2) is 0 Å². The molecule has 10 rings (SSSR count). The number of nitrogens with one attached hydrogen (secondary N) is 1. The first kappa shape index (κ1) is 52.0. The summed E-state index contributed by atoms with van der Waals surface area (Å²) in [5.41, 5.74) is 23.9. The molecule has 1 aliphatic carbocycles. The van der Waals surface area contributed by atoms with Crippen molar-refractivity contribution in [1.29, 1.82) is 0 Å². The van der Waals surface area contributed by atoms with Crippen LogP contribution in [0.15, 0.2) is 206 Å². The molecule has 0 radical (unpaired) electrons. The molecule has 0 saturated heterocycles. The van der Waals surface area contributed by atoms with E-state index in [1.54, 1.807) is 0 Å². The highest BCUT2D eigenvalue weighted by Crippen LogP contribution is 2.53. The van der Waals surface area contributed by atoms with E-state index >= 15 is 0 Å². The van der Waals surface area contributed by atoms with Crippen molar-refractivity contribution in [2.45, 2.75) is 130 Å². The number of hydrogen-bond acceptors (Lipinski definition) is 2. The Balaban J connectivity index is 1.28. The Morgan fingerprint density at radius 2 is 0.750 bits per heavy atom. The summed E-state index contributed by atoms with van der Waals surface area (Å²) < 4.78 is 0. The van der Waals surface area contributed by atoms with Gasteiger partial charge in [0.05, 0.1) is 11.4 Å². The smallest absolute Gasteiger partial charge is 0.0618 e. The van der Waals surface area contributed by atoms with Crippen molar-refractivity contribution in [2.75, 3.05) is 10.2 Å². The third-order valence-electron chi connectivity index (χ3n) is 16.1. The van der Waals surface area contributed by atoms with Crippen molar-refractivity contribution in [3.8, 4) is 55.6 Å². The maximum absolute atomic E-state index is 4.20. The van der Waals surface area contributed by atoms with Crippen LogP contribution in [0.4, 0.5) is 28.4 Å². The van der Waals surface area contributed by atoms with Crippen LogP contribution in [0.2, 0.25) is 0 Å². The minimum Gasteiger partial charge on any atom is -0.354 e. The van der Waals surface area contributed by atoms with Gasteiger partial charge in [-0.15, -0.1) is 0 Å². The lowest BCUT2D eigenvalue weighted by molar-refractivity contribution is 0.333. The molecule has 1 N–H and O–H groups in total. The van der Waals surface area contributed by atoms with E-state index in [0.29, 0.717) is 0 Å². The van der Waals surface area contributed by atoms with Crippen LogP contribution < -0.4 is 10.2 Å². The first-order valence-electron chi connectivity index (χ1n) is 27.6. The SMILES string of the molecule is CC(C)(C)c1cc(Nc2c(-c3ccccc3)cc(C(C)(C)C)cc2-c2ccccc2)cc(N(c2ccc(-c3cccc4c3C(C)(C)CCC4(C)C)cc2)c2c(-c3ccccc3)cc(C(C)(C)C)cc2-c2ccccc2)c1. The molecule has 2 nitrogen and oxygen atoms in total. The summed E-state index contributed by atoms with van der Waals surface area (Å²) in [4.78, 5) is 2.56. The standard InChI is InChI=1S/C74H78N2/c1-70(2,3)55-43-58(75-68-62(50-27-18-14-19-28-50)45-56(71(4,5)6)46-63(68)51-29-20-15-21-30-51)49-60(44-55)76(59-39-37-54(38-40-59)61-35-26-36-66-67(61)74(12,13)42-41-73(66,10)11)69-64(52-31-22-16-23-32-52)47-57(72(7,8)9)48-65(69)53-33-24-17-25-34-53/h14-40,43-49,75H,41-42H2,1-13H3. The molecule has 0 spiro atoms. The molecule has 0 aliphatic heterocycles. The Labute approximate surface area is 455 Å². The third kappa shape index (κ3) is 10.4. The molecule has 0 heterocycles. The zero-order valence-electron chi connectivity index (χ0n) is 47.5. The number of hydrogen-bond donors (Lipinski definition) is 1. The van der Waals surface area contributed by atoms with Gasteiger partial charge in [-0.05, 0) is 156 Å². The van der Waals surface area contributed by atoms with Gasteiger partial charge in [0.15, 0.2) is 0 Å². The van der Waals surface area contributed by atoms with Crippen molar-refractivity contribution in [3.05, 3.63) is 234 Å². The average Bonchev–Trinajstić information content (AvgIpc) is 3.44. The highest BCUT2D eigenvalue weighted by atomic mass is 15.1. The van der Waals surface area contributed by atoms with Crippen LogP contribution in [0.3, 0.4) is 0 Å². The highest BCUT2D eigenvalue weighted by Gasteiger charge is 2.39. The fourth-order valence-corrected chi connectivity index (χ4v) is 11.4. The lowest BCUT2D eigenvalue weighted by atomic mass is 9.61. The maximum Gasteiger partial charge on any atom is 0.0618 e. The van der Waals surface area contributed by atoms with E-state index in [-0.39, 0.29) is 27.1 Å². The second-order valence-electron chi connectivity index (χ2n) is 25.9. The van der Waals surface area contributed by atoms with Crippen LogP contribution in [-0.2, 0) is 27.1 Å². The van der Waals surface area contributed by atoms with E-state index in [2.05, 4.69) is 306 Å². The predicted octanol–water partition coefficient (Wildman–Crippen LogP) is 21.5. The molecule has 0 unspecified atom stereocenters. The van der Waals surface area contributed by atoms with E-state index in [1.807, 2.05) is 0 Å². The maximum atomic E-state index is 4.20. The molecule has 2 heteroatoms. The van der Waals surface area contributed by atoms with Crippen molar-refractivity contribution >= 4 is 28.4 Å². The lowest BCUT2D eigenvalue weighted by Crippen LogP contribution is -2.34. The summed E-state index contributed by atoms with van der Waals surface area (Å²) in [6.07, 6.45) is 2.34. The van der Waals surface area contributed by atoms with Crippen molar-refractivity contribution < 1.29 is 0 Å². The van der Waals surface area contributed by atoms with E-state index < -0.39 is 0 Å². The van der Waals surface area contributed by atoms with Crippen LogP contribution in [0.5, 0.6) is 0 Å². The minimum atomic E-state index is -0.198. The van der Waals surface area contributed by atoms with E-state index in [9.17, 15) is 0 Å². The highest BCUT2D eigenvalue weighted by molar-refractivity contribution is 6.00. The van der Waals surface area contributed by atoms with Crippen molar-refractivity contribution in [3.63, 3.8) is 0 Å². The summed E-state index contributed by atoms with van der Waals surface area (Å²) in [5.74, 6) is 0. The molecule has 0 amide bonds. The van der Waals surface area contributed by atoms with Gasteiger partial charge in [-0.1, -0.05) is 242 Å². The van der Waals surface area contributed by atoms with E-state index in [1.165, 1.54) is 89.9 Å². The summed E-state index contributed by atoms with van der Waals surface area (Å²) in [6.45, 7) is 30.7. The van der Waals surface area contributed by atoms with E-state index in [4.69, 9.17) is 0 Å². The van der Waals surface area contributed by atoms with Crippen LogP contribution in [0, 0.1) is 0 Å². The van der Waals surface area contributed by atoms with Gasteiger partial charge in [0, 0.05) is 39.3 Å². The van der Waals surface area contributed by atoms with Gasteiger partial charge in [-0.25, -0.2) is 0 Å². The van der Waals surface area contributed by atoms with Gasteiger partial charge < -0.3 is 10.2 Å². The Hall–Kier alpha value is -7.42. The number of fused-ring (bicyclic) bond motifs is 1. The first-order chi connectivity index (χ1) is 36.1. The fourth-order valence-electron chi connectivity index (χ4n) is 11.4. The van der Waals surface area contributed by atoms with Crippen LogP contribution in [0.1, 0.15) is 131 Å². The molecule has 0 bridgehead atoms. The Morgan fingerprint density at radius 1 is 0.355 bits per heavy atom. The molecule has 384 valence electrons. The Morgan fingerprint density at radius 3 is 1.20 bits per heavy atom. The third-order valence-corrected chi connectivity index (χ3v) is 16.1. The monoisotopic (exact) mass is 995 g/mol. The summed E-state index contributed by atoms with van der Waals surface area (Å²) in [6, 6.07) is 77.4. The molecule has 0 aromatic heterocycles. The van der Waals surface area contributed by atoms with Crippen molar-refractivity contribution in [1.82, 2.24) is 0 Å². The second kappa shape index (κ2) is 19.9. The van der Waals surface area contributed by atoms with Gasteiger partial charge in [-0.2, -0.15) is 0 Å².